The summed E-state index contributed by atoms with van der Waals surface area (Å²) in [4.78, 5) is 11.6. The second-order valence-corrected chi connectivity index (χ2v) is 5.56. The zero-order chi connectivity index (χ0) is 13.4. The highest BCUT2D eigenvalue weighted by molar-refractivity contribution is 5.73. The summed E-state index contributed by atoms with van der Waals surface area (Å²) in [7, 11) is 0. The van der Waals surface area contributed by atoms with Gasteiger partial charge in [-0.1, -0.05) is 26.7 Å². The van der Waals surface area contributed by atoms with Gasteiger partial charge >= 0.3 is 6.03 Å². The quantitative estimate of drug-likeness (QED) is 0.624. The number of hydrogen-bond acceptors (Lipinski definition) is 2. The van der Waals surface area contributed by atoms with E-state index in [0.717, 1.165) is 13.0 Å². The Balaban J connectivity index is 2.12. The van der Waals surface area contributed by atoms with Gasteiger partial charge in [0.2, 0.25) is 0 Å². The summed E-state index contributed by atoms with van der Waals surface area (Å²) in [5, 5.41) is 15.1. The van der Waals surface area contributed by atoms with E-state index in [1.54, 1.807) is 0 Å². The molecule has 106 valence electrons. The van der Waals surface area contributed by atoms with Crippen LogP contribution in [0.25, 0.3) is 0 Å². The van der Waals surface area contributed by atoms with Crippen molar-refractivity contribution in [2.75, 3.05) is 13.1 Å². The Morgan fingerprint density at radius 2 is 2.06 bits per heavy atom. The Kier molecular flexibility index (Phi) is 6.47. The van der Waals surface area contributed by atoms with E-state index in [-0.39, 0.29) is 12.1 Å². The smallest absolute Gasteiger partial charge is 0.314 e. The Morgan fingerprint density at radius 3 is 2.56 bits per heavy atom. The number of aliphatic hydroxyl groups is 1. The van der Waals surface area contributed by atoms with Crippen molar-refractivity contribution in [2.24, 2.45) is 5.41 Å². The van der Waals surface area contributed by atoms with E-state index in [0.29, 0.717) is 18.4 Å². The minimum Gasteiger partial charge on any atom is -0.393 e. The molecule has 1 saturated carbocycles. The fourth-order valence-electron chi connectivity index (χ4n) is 2.61. The lowest BCUT2D eigenvalue weighted by Crippen LogP contribution is -2.46. The molecule has 4 heteroatoms. The van der Waals surface area contributed by atoms with Gasteiger partial charge in [0.15, 0.2) is 0 Å². The number of rotatable bonds is 8. The van der Waals surface area contributed by atoms with Crippen LogP contribution in [0.2, 0.25) is 0 Å². The van der Waals surface area contributed by atoms with Crippen molar-refractivity contribution >= 4 is 6.03 Å². The maximum Gasteiger partial charge on any atom is 0.314 e. The molecule has 2 amide bonds. The Morgan fingerprint density at radius 1 is 1.33 bits per heavy atom. The lowest BCUT2D eigenvalue weighted by molar-refractivity contribution is 0.117. The summed E-state index contributed by atoms with van der Waals surface area (Å²) in [5.41, 5.74) is 0.370. The third-order valence-electron chi connectivity index (χ3n) is 4.05. The molecule has 1 rings (SSSR count). The van der Waals surface area contributed by atoms with Crippen LogP contribution in [0.15, 0.2) is 0 Å². The molecular weight excluding hydrogens is 228 g/mol. The first kappa shape index (κ1) is 15.3. The van der Waals surface area contributed by atoms with E-state index in [9.17, 15) is 9.90 Å². The van der Waals surface area contributed by atoms with Gasteiger partial charge in [0.05, 0.1) is 6.10 Å². The number of amides is 2. The van der Waals surface area contributed by atoms with Crippen LogP contribution in [-0.2, 0) is 0 Å². The molecule has 3 N–H and O–H groups in total. The molecule has 1 atom stereocenters. The number of carbonyl (C=O) groups is 1. The lowest BCUT2D eigenvalue weighted by Gasteiger charge is -2.42. The monoisotopic (exact) mass is 256 g/mol. The van der Waals surface area contributed by atoms with Crippen LogP contribution >= 0.6 is 0 Å². The summed E-state index contributed by atoms with van der Waals surface area (Å²) in [6.45, 7) is 5.48. The molecule has 4 nitrogen and oxygen atoms in total. The van der Waals surface area contributed by atoms with Crippen molar-refractivity contribution in [3.05, 3.63) is 0 Å². The molecule has 0 spiro atoms. The van der Waals surface area contributed by atoms with E-state index in [1.807, 2.05) is 6.92 Å². The van der Waals surface area contributed by atoms with Crippen molar-refractivity contribution < 1.29 is 9.90 Å². The third-order valence-corrected chi connectivity index (χ3v) is 4.05. The topological polar surface area (TPSA) is 61.4 Å². The van der Waals surface area contributed by atoms with Crippen LogP contribution in [-0.4, -0.2) is 30.3 Å². The van der Waals surface area contributed by atoms with Gasteiger partial charge in [-0.2, -0.15) is 0 Å². The zero-order valence-electron chi connectivity index (χ0n) is 11.8. The fourth-order valence-corrected chi connectivity index (χ4v) is 2.61. The largest absolute Gasteiger partial charge is 0.393 e. The van der Waals surface area contributed by atoms with Gasteiger partial charge in [-0.15, -0.1) is 0 Å². The molecule has 0 aromatic heterocycles. The van der Waals surface area contributed by atoms with Crippen molar-refractivity contribution in [3.63, 3.8) is 0 Å². The van der Waals surface area contributed by atoms with Crippen LogP contribution in [0.5, 0.6) is 0 Å². The predicted molar refractivity (Wildman–Crippen MR) is 73.5 cm³/mol. The van der Waals surface area contributed by atoms with Crippen LogP contribution in [0.4, 0.5) is 4.79 Å². The van der Waals surface area contributed by atoms with Crippen molar-refractivity contribution in [3.8, 4) is 0 Å². The van der Waals surface area contributed by atoms with Crippen LogP contribution < -0.4 is 10.6 Å². The average Bonchev–Trinajstić information content (AvgIpc) is 2.32. The summed E-state index contributed by atoms with van der Waals surface area (Å²) in [6, 6.07) is -0.0966. The van der Waals surface area contributed by atoms with Gasteiger partial charge in [0, 0.05) is 13.1 Å². The molecule has 0 aromatic rings. The van der Waals surface area contributed by atoms with E-state index < -0.39 is 0 Å². The highest BCUT2D eigenvalue weighted by Crippen LogP contribution is 2.44. The lowest BCUT2D eigenvalue weighted by atomic mass is 9.66. The molecule has 1 unspecified atom stereocenters. The maximum atomic E-state index is 11.6. The molecule has 1 aliphatic rings. The molecular formula is C14H28N2O2. The number of aliphatic hydroxyl groups excluding tert-OH is 1. The van der Waals surface area contributed by atoms with Gasteiger partial charge in [-0.3, -0.25) is 0 Å². The van der Waals surface area contributed by atoms with E-state index in [4.69, 9.17) is 0 Å². The van der Waals surface area contributed by atoms with E-state index in [1.165, 1.54) is 32.1 Å². The number of nitrogens with one attached hydrogen (secondary N) is 2. The third kappa shape index (κ3) is 4.84. The molecule has 0 aromatic carbocycles. The van der Waals surface area contributed by atoms with Gasteiger partial charge in [0.25, 0.3) is 0 Å². The van der Waals surface area contributed by atoms with Crippen LogP contribution in [0.1, 0.15) is 58.8 Å². The van der Waals surface area contributed by atoms with Gasteiger partial charge < -0.3 is 15.7 Å². The Bertz CT molecular complexity index is 252. The van der Waals surface area contributed by atoms with Gasteiger partial charge in [0.1, 0.15) is 0 Å². The van der Waals surface area contributed by atoms with Gasteiger partial charge in [-0.05, 0) is 37.5 Å². The minimum atomic E-state index is -0.302. The average molecular weight is 256 g/mol. The predicted octanol–water partition coefficient (Wildman–Crippen LogP) is 2.42. The number of hydrogen-bond donors (Lipinski definition) is 3. The zero-order valence-corrected chi connectivity index (χ0v) is 11.8. The summed E-state index contributed by atoms with van der Waals surface area (Å²) in [5.74, 6) is 0. The highest BCUT2D eigenvalue weighted by atomic mass is 16.3. The first-order valence-electron chi connectivity index (χ1n) is 7.31. The van der Waals surface area contributed by atoms with Crippen LogP contribution in [0.3, 0.4) is 0 Å². The number of urea groups is 1. The minimum absolute atomic E-state index is 0.0966. The summed E-state index contributed by atoms with van der Waals surface area (Å²) < 4.78 is 0. The van der Waals surface area contributed by atoms with E-state index >= 15 is 0 Å². The molecule has 18 heavy (non-hydrogen) atoms. The SMILES string of the molecule is CCCC1(CNC(=O)NCCC(O)CC)CCC1. The summed E-state index contributed by atoms with van der Waals surface area (Å²) in [6.07, 6.45) is 7.25. The molecule has 1 aliphatic carbocycles. The first-order valence-corrected chi connectivity index (χ1v) is 7.31. The second-order valence-electron chi connectivity index (χ2n) is 5.56. The number of carbonyl (C=O) groups excluding carboxylic acids is 1. The van der Waals surface area contributed by atoms with Crippen molar-refractivity contribution in [1.82, 2.24) is 10.6 Å². The van der Waals surface area contributed by atoms with Crippen LogP contribution in [0, 0.1) is 5.41 Å². The Hall–Kier alpha value is -0.770. The molecule has 0 saturated heterocycles. The molecule has 0 aliphatic heterocycles. The summed E-state index contributed by atoms with van der Waals surface area (Å²) >= 11 is 0. The highest BCUT2D eigenvalue weighted by Gasteiger charge is 2.35. The van der Waals surface area contributed by atoms with Gasteiger partial charge in [-0.25, -0.2) is 4.79 Å². The van der Waals surface area contributed by atoms with Crippen molar-refractivity contribution in [2.45, 2.75) is 64.9 Å². The van der Waals surface area contributed by atoms with E-state index in [2.05, 4.69) is 17.6 Å². The first-order chi connectivity index (χ1) is 8.62. The van der Waals surface area contributed by atoms with Crippen molar-refractivity contribution in [1.29, 1.82) is 0 Å². The maximum absolute atomic E-state index is 11.6. The fraction of sp³-hybridized carbons (Fsp3) is 0.929. The second kappa shape index (κ2) is 7.62. The molecule has 0 bridgehead atoms. The molecule has 1 fully saturated rings. The molecule has 0 heterocycles. The Labute approximate surface area is 111 Å². The standard InChI is InChI=1S/C14H28N2O2/c1-3-7-14(8-5-9-14)11-16-13(18)15-10-6-12(17)4-2/h12,17H,3-11H2,1-2H3,(H2,15,16,18). The normalized spacial score (nSPS) is 18.8. The molecule has 0 radical (unpaired) electrons.